The van der Waals surface area contributed by atoms with Crippen LogP contribution >= 0.6 is 0 Å². The molecule has 1 aliphatic rings. The van der Waals surface area contributed by atoms with E-state index in [0.717, 1.165) is 41.9 Å². The van der Waals surface area contributed by atoms with E-state index in [-0.39, 0.29) is 11.9 Å². The molecule has 7 heteroatoms. The van der Waals surface area contributed by atoms with Crippen molar-refractivity contribution in [2.24, 2.45) is 15.7 Å². The zero-order chi connectivity index (χ0) is 25.5. The SMILES string of the molecule is CCC(C=NC(C)=Nc1cc(C)cc(C)c1)=C(N)CNC1CCN(C(=O)c2ccc(N)c(C)c2)C1. The van der Waals surface area contributed by atoms with Crippen LogP contribution in [0.2, 0.25) is 0 Å². The summed E-state index contributed by atoms with van der Waals surface area (Å²) in [4.78, 5) is 23.9. The maximum Gasteiger partial charge on any atom is 0.253 e. The van der Waals surface area contributed by atoms with Crippen molar-refractivity contribution in [3.05, 3.63) is 69.9 Å². The first-order valence-corrected chi connectivity index (χ1v) is 12.2. The van der Waals surface area contributed by atoms with Crippen molar-refractivity contribution in [1.29, 1.82) is 0 Å². The molecule has 2 aromatic rings. The van der Waals surface area contributed by atoms with Gasteiger partial charge >= 0.3 is 0 Å². The van der Waals surface area contributed by atoms with E-state index < -0.39 is 0 Å². The van der Waals surface area contributed by atoms with Gasteiger partial charge in [0.15, 0.2) is 0 Å². The predicted molar refractivity (Wildman–Crippen MR) is 147 cm³/mol. The number of anilines is 1. The summed E-state index contributed by atoms with van der Waals surface area (Å²) < 4.78 is 0. The number of nitrogen functional groups attached to an aromatic ring is 1. The van der Waals surface area contributed by atoms with E-state index in [4.69, 9.17) is 11.5 Å². The first kappa shape index (κ1) is 26.2. The first-order chi connectivity index (χ1) is 16.7. The van der Waals surface area contributed by atoms with E-state index in [2.05, 4.69) is 42.1 Å². The molecule has 0 saturated carbocycles. The molecule has 7 nitrogen and oxygen atoms in total. The molecule has 2 aromatic carbocycles. The molecule has 1 fully saturated rings. The number of allylic oxidation sites excluding steroid dienone is 1. The van der Waals surface area contributed by atoms with Gasteiger partial charge in [-0.1, -0.05) is 13.0 Å². The number of hydrogen-bond acceptors (Lipinski definition) is 5. The van der Waals surface area contributed by atoms with Crippen LogP contribution in [0.15, 0.2) is 57.7 Å². The Bertz CT molecular complexity index is 1140. The van der Waals surface area contributed by atoms with Crippen LogP contribution in [0.25, 0.3) is 0 Å². The van der Waals surface area contributed by atoms with Gasteiger partial charge in [0.25, 0.3) is 5.91 Å². The summed E-state index contributed by atoms with van der Waals surface area (Å²) in [6.07, 6.45) is 3.48. The van der Waals surface area contributed by atoms with Gasteiger partial charge in [0.2, 0.25) is 0 Å². The fraction of sp³-hybridized carbons (Fsp3) is 0.393. The third-order valence-corrected chi connectivity index (χ3v) is 6.27. The number of rotatable bonds is 7. The predicted octanol–water partition coefficient (Wildman–Crippen LogP) is 4.44. The van der Waals surface area contributed by atoms with Crippen molar-refractivity contribution >= 4 is 29.3 Å². The second-order valence-corrected chi connectivity index (χ2v) is 9.36. The zero-order valence-corrected chi connectivity index (χ0v) is 21.6. The number of nitrogens with two attached hydrogens (primary N) is 2. The fourth-order valence-electron chi connectivity index (χ4n) is 4.27. The van der Waals surface area contributed by atoms with Gasteiger partial charge in [-0.3, -0.25) is 4.79 Å². The van der Waals surface area contributed by atoms with Crippen molar-refractivity contribution in [2.45, 2.75) is 53.5 Å². The maximum absolute atomic E-state index is 12.9. The highest BCUT2D eigenvalue weighted by molar-refractivity contribution is 5.95. The number of carbonyl (C=O) groups excluding carboxylic acids is 1. The van der Waals surface area contributed by atoms with E-state index in [9.17, 15) is 4.79 Å². The third kappa shape index (κ3) is 7.26. The Kier molecular flexibility index (Phi) is 8.82. The Morgan fingerprint density at radius 1 is 1.17 bits per heavy atom. The van der Waals surface area contributed by atoms with Crippen molar-refractivity contribution in [2.75, 3.05) is 25.4 Å². The molecule has 1 amide bonds. The minimum absolute atomic E-state index is 0.0425. The zero-order valence-electron chi connectivity index (χ0n) is 21.6. The summed E-state index contributed by atoms with van der Waals surface area (Å²) in [5.74, 6) is 0.727. The lowest BCUT2D eigenvalue weighted by Crippen LogP contribution is -2.37. The van der Waals surface area contributed by atoms with Crippen LogP contribution in [0.3, 0.4) is 0 Å². The number of amidine groups is 1. The minimum atomic E-state index is 0.0425. The monoisotopic (exact) mass is 474 g/mol. The van der Waals surface area contributed by atoms with Crippen LogP contribution in [0.1, 0.15) is 53.7 Å². The van der Waals surface area contributed by atoms with Gasteiger partial charge in [-0.25, -0.2) is 9.98 Å². The van der Waals surface area contributed by atoms with Gasteiger partial charge < -0.3 is 21.7 Å². The highest BCUT2D eigenvalue weighted by Gasteiger charge is 2.26. The van der Waals surface area contributed by atoms with Gasteiger partial charge in [-0.15, -0.1) is 0 Å². The summed E-state index contributed by atoms with van der Waals surface area (Å²) in [5, 5.41) is 3.50. The van der Waals surface area contributed by atoms with Crippen LogP contribution in [-0.4, -0.2) is 48.5 Å². The Morgan fingerprint density at radius 2 is 1.89 bits per heavy atom. The molecular weight excluding hydrogens is 436 g/mol. The third-order valence-electron chi connectivity index (χ3n) is 6.27. The molecule has 1 heterocycles. The number of aryl methyl sites for hydroxylation is 3. The highest BCUT2D eigenvalue weighted by atomic mass is 16.2. The van der Waals surface area contributed by atoms with Gasteiger partial charge in [0.1, 0.15) is 5.84 Å². The molecule has 35 heavy (non-hydrogen) atoms. The van der Waals surface area contributed by atoms with Crippen molar-refractivity contribution in [3.8, 4) is 0 Å². The van der Waals surface area contributed by atoms with Crippen molar-refractivity contribution in [3.63, 3.8) is 0 Å². The maximum atomic E-state index is 12.9. The van der Waals surface area contributed by atoms with E-state index in [1.165, 1.54) is 11.1 Å². The lowest BCUT2D eigenvalue weighted by Gasteiger charge is -2.18. The Labute approximate surface area is 209 Å². The van der Waals surface area contributed by atoms with Crippen LogP contribution in [0.4, 0.5) is 11.4 Å². The molecule has 5 N–H and O–H groups in total. The number of carbonyl (C=O) groups is 1. The fourth-order valence-corrected chi connectivity index (χ4v) is 4.27. The molecule has 0 radical (unpaired) electrons. The summed E-state index contributed by atoms with van der Waals surface area (Å²) in [6.45, 7) is 11.9. The van der Waals surface area contributed by atoms with Gasteiger partial charge in [-0.05, 0) is 93.1 Å². The Hall–Kier alpha value is -3.45. The Morgan fingerprint density at radius 3 is 2.54 bits per heavy atom. The minimum Gasteiger partial charge on any atom is -0.401 e. The highest BCUT2D eigenvalue weighted by Crippen LogP contribution is 2.19. The summed E-state index contributed by atoms with van der Waals surface area (Å²) >= 11 is 0. The molecule has 0 aromatic heterocycles. The summed E-state index contributed by atoms with van der Waals surface area (Å²) in [5.41, 5.74) is 19.6. The van der Waals surface area contributed by atoms with E-state index in [0.29, 0.717) is 30.2 Å². The van der Waals surface area contributed by atoms with E-state index in [1.54, 1.807) is 12.1 Å². The molecule has 0 aliphatic carbocycles. The number of aliphatic imine (C=N–C) groups is 2. The lowest BCUT2D eigenvalue weighted by molar-refractivity contribution is 0.0789. The molecule has 1 unspecified atom stereocenters. The van der Waals surface area contributed by atoms with Crippen LogP contribution < -0.4 is 16.8 Å². The second kappa shape index (κ2) is 11.8. The smallest absolute Gasteiger partial charge is 0.253 e. The number of hydrogen-bond donors (Lipinski definition) is 3. The molecule has 186 valence electrons. The number of nitrogens with one attached hydrogen (secondary N) is 1. The topological polar surface area (TPSA) is 109 Å². The number of nitrogens with zero attached hydrogens (tertiary/aromatic N) is 3. The number of amides is 1. The van der Waals surface area contributed by atoms with Crippen LogP contribution in [0.5, 0.6) is 0 Å². The molecule has 0 bridgehead atoms. The summed E-state index contributed by atoms with van der Waals surface area (Å²) in [6, 6.07) is 11.9. The molecule has 1 aliphatic heterocycles. The molecule has 1 atom stereocenters. The van der Waals surface area contributed by atoms with E-state index in [1.807, 2.05) is 43.2 Å². The van der Waals surface area contributed by atoms with Crippen LogP contribution in [0, 0.1) is 20.8 Å². The van der Waals surface area contributed by atoms with Crippen molar-refractivity contribution < 1.29 is 4.79 Å². The van der Waals surface area contributed by atoms with Gasteiger partial charge in [0, 0.05) is 48.8 Å². The normalized spacial score (nSPS) is 17.2. The van der Waals surface area contributed by atoms with E-state index >= 15 is 0 Å². The quantitative estimate of drug-likeness (QED) is 0.313. The summed E-state index contributed by atoms with van der Waals surface area (Å²) in [7, 11) is 0. The molecule has 0 spiro atoms. The van der Waals surface area contributed by atoms with Gasteiger partial charge in [0.05, 0.1) is 5.69 Å². The standard InChI is InChI=1S/C28H38N6O/c1-6-22(15-31-21(5)33-25-12-18(2)11-19(3)13-25)27(30)16-32-24-9-10-34(17-24)28(35)23-7-8-26(29)20(4)14-23/h7-8,11-15,24,32H,6,9-10,16-17,29-30H2,1-5H3. The first-order valence-electron chi connectivity index (χ1n) is 12.2. The Balaban J connectivity index is 1.57. The van der Waals surface area contributed by atoms with Crippen molar-refractivity contribution in [1.82, 2.24) is 10.2 Å². The molecule has 3 rings (SSSR count). The average Bonchev–Trinajstić information content (AvgIpc) is 3.27. The molecular formula is C28H38N6O. The second-order valence-electron chi connectivity index (χ2n) is 9.36. The van der Waals surface area contributed by atoms with Crippen LogP contribution in [-0.2, 0) is 0 Å². The molecule has 1 saturated heterocycles. The number of likely N-dealkylation sites (tertiary alicyclic amines) is 1. The van der Waals surface area contributed by atoms with Gasteiger partial charge in [-0.2, -0.15) is 0 Å². The number of benzene rings is 2. The average molecular weight is 475 g/mol. The largest absolute Gasteiger partial charge is 0.401 e. The lowest BCUT2D eigenvalue weighted by atomic mass is 10.1.